The molecule has 0 aliphatic heterocycles. The third kappa shape index (κ3) is 3.99. The maximum absolute atomic E-state index is 14.4. The van der Waals surface area contributed by atoms with E-state index in [2.05, 4.69) is 0 Å². The zero-order valence-electron chi connectivity index (χ0n) is 12.3. The molecule has 0 amide bonds. The van der Waals surface area contributed by atoms with Gasteiger partial charge in [-0.2, -0.15) is 5.26 Å². The molecule has 1 N–H and O–H groups in total. The number of nitrogens with zero attached hydrogens (tertiary/aromatic N) is 1. The standard InChI is InChI=1S/C17H13ClFNO3/c1-2-10-5-11(9-20)7-13(6-10)23-17-14(18)4-3-12(16(17)19)8-15(21)22/h3-7H,2,8H2,1H3,(H,21,22). The first-order valence-corrected chi connectivity index (χ1v) is 7.23. The largest absolute Gasteiger partial charge is 0.481 e. The zero-order chi connectivity index (χ0) is 17.0. The number of aryl methyl sites for hydroxylation is 1. The molecular formula is C17H13ClFNO3. The Kier molecular flexibility index (Phi) is 5.20. The summed E-state index contributed by atoms with van der Waals surface area (Å²) in [5, 5.41) is 17.9. The number of carbonyl (C=O) groups is 1. The number of ether oxygens (including phenoxy) is 1. The molecule has 2 aromatic rings. The fraction of sp³-hybridized carbons (Fsp3) is 0.176. The maximum atomic E-state index is 14.4. The van der Waals surface area contributed by atoms with Crippen LogP contribution in [0.4, 0.5) is 4.39 Å². The van der Waals surface area contributed by atoms with Gasteiger partial charge >= 0.3 is 5.97 Å². The van der Waals surface area contributed by atoms with Crippen molar-refractivity contribution in [2.75, 3.05) is 0 Å². The number of hydrogen-bond acceptors (Lipinski definition) is 3. The first-order chi connectivity index (χ1) is 10.9. The van der Waals surface area contributed by atoms with Gasteiger partial charge in [-0.3, -0.25) is 4.79 Å². The Bertz CT molecular complexity index is 799. The first-order valence-electron chi connectivity index (χ1n) is 6.85. The Balaban J connectivity index is 2.44. The summed E-state index contributed by atoms with van der Waals surface area (Å²) in [6.07, 6.45) is 0.207. The van der Waals surface area contributed by atoms with Gasteiger partial charge in [0.05, 0.1) is 23.1 Å². The van der Waals surface area contributed by atoms with Crippen molar-refractivity contribution in [3.63, 3.8) is 0 Å². The Hall–Kier alpha value is -2.58. The molecule has 0 aliphatic carbocycles. The molecule has 23 heavy (non-hydrogen) atoms. The highest BCUT2D eigenvalue weighted by Crippen LogP contribution is 2.34. The molecule has 4 nitrogen and oxygen atoms in total. The van der Waals surface area contributed by atoms with Crippen molar-refractivity contribution in [1.29, 1.82) is 5.26 Å². The Morgan fingerprint density at radius 2 is 2.13 bits per heavy atom. The lowest BCUT2D eigenvalue weighted by Crippen LogP contribution is -2.04. The van der Waals surface area contributed by atoms with Crippen LogP contribution in [0, 0.1) is 17.1 Å². The van der Waals surface area contributed by atoms with E-state index >= 15 is 0 Å². The molecule has 2 aromatic carbocycles. The fourth-order valence-corrected chi connectivity index (χ4v) is 2.26. The number of aliphatic carboxylic acids is 1. The van der Waals surface area contributed by atoms with Gasteiger partial charge in [0.15, 0.2) is 11.6 Å². The molecule has 0 aromatic heterocycles. The van der Waals surface area contributed by atoms with Gasteiger partial charge in [-0.1, -0.05) is 24.6 Å². The van der Waals surface area contributed by atoms with Gasteiger partial charge in [0.1, 0.15) is 5.75 Å². The molecule has 0 heterocycles. The van der Waals surface area contributed by atoms with Crippen LogP contribution in [-0.4, -0.2) is 11.1 Å². The van der Waals surface area contributed by atoms with Crippen LogP contribution in [-0.2, 0) is 17.6 Å². The monoisotopic (exact) mass is 333 g/mol. The second kappa shape index (κ2) is 7.12. The van der Waals surface area contributed by atoms with E-state index in [9.17, 15) is 9.18 Å². The minimum atomic E-state index is -1.16. The minimum Gasteiger partial charge on any atom is -0.481 e. The van der Waals surface area contributed by atoms with Gasteiger partial charge in [0.2, 0.25) is 0 Å². The lowest BCUT2D eigenvalue weighted by molar-refractivity contribution is -0.136. The Morgan fingerprint density at radius 3 is 2.74 bits per heavy atom. The molecule has 0 atom stereocenters. The van der Waals surface area contributed by atoms with Crippen molar-refractivity contribution in [2.45, 2.75) is 19.8 Å². The van der Waals surface area contributed by atoms with E-state index in [0.717, 1.165) is 5.56 Å². The van der Waals surface area contributed by atoms with Gasteiger partial charge in [-0.25, -0.2) is 4.39 Å². The van der Waals surface area contributed by atoms with Gasteiger partial charge in [-0.05, 0) is 36.2 Å². The highest BCUT2D eigenvalue weighted by atomic mass is 35.5. The second-order valence-corrected chi connectivity index (χ2v) is 5.26. The summed E-state index contributed by atoms with van der Waals surface area (Å²) in [4.78, 5) is 10.8. The van der Waals surface area contributed by atoms with Crippen LogP contribution in [0.15, 0.2) is 30.3 Å². The van der Waals surface area contributed by atoms with Crippen molar-refractivity contribution in [3.05, 3.63) is 57.9 Å². The van der Waals surface area contributed by atoms with Crippen molar-refractivity contribution >= 4 is 17.6 Å². The van der Waals surface area contributed by atoms with Crippen LogP contribution in [0.25, 0.3) is 0 Å². The predicted molar refractivity (Wildman–Crippen MR) is 83.4 cm³/mol. The van der Waals surface area contributed by atoms with E-state index in [4.69, 9.17) is 26.7 Å². The lowest BCUT2D eigenvalue weighted by Gasteiger charge is -2.12. The summed E-state index contributed by atoms with van der Waals surface area (Å²) in [7, 11) is 0. The second-order valence-electron chi connectivity index (χ2n) is 4.85. The molecule has 0 fully saturated rings. The van der Waals surface area contributed by atoms with E-state index in [1.807, 2.05) is 13.0 Å². The SMILES string of the molecule is CCc1cc(C#N)cc(Oc2c(Cl)ccc(CC(=O)O)c2F)c1. The van der Waals surface area contributed by atoms with Crippen molar-refractivity contribution in [1.82, 2.24) is 0 Å². The van der Waals surface area contributed by atoms with Gasteiger partial charge < -0.3 is 9.84 Å². The molecule has 0 bridgehead atoms. The Labute approximate surface area is 137 Å². The highest BCUT2D eigenvalue weighted by Gasteiger charge is 2.17. The maximum Gasteiger partial charge on any atom is 0.307 e. The predicted octanol–water partition coefficient (Wildman–Crippen LogP) is 4.33. The van der Waals surface area contributed by atoms with Gasteiger partial charge in [0, 0.05) is 5.56 Å². The smallest absolute Gasteiger partial charge is 0.307 e. The van der Waals surface area contributed by atoms with Crippen molar-refractivity contribution < 1.29 is 19.0 Å². The summed E-state index contributed by atoms with van der Waals surface area (Å²) < 4.78 is 19.9. The molecule has 0 saturated heterocycles. The number of carboxylic acids is 1. The average molecular weight is 334 g/mol. The summed E-state index contributed by atoms with van der Waals surface area (Å²) in [6.45, 7) is 1.92. The number of rotatable bonds is 5. The third-order valence-electron chi connectivity index (χ3n) is 3.19. The number of nitriles is 1. The number of halogens is 2. The van der Waals surface area contributed by atoms with Crippen molar-refractivity contribution in [2.24, 2.45) is 0 Å². The minimum absolute atomic E-state index is 0.0240. The average Bonchev–Trinajstić information content (AvgIpc) is 2.53. The summed E-state index contributed by atoms with van der Waals surface area (Å²) in [6, 6.07) is 9.57. The normalized spacial score (nSPS) is 10.2. The number of hydrogen-bond donors (Lipinski definition) is 1. The molecule has 0 radical (unpaired) electrons. The van der Waals surface area contributed by atoms with E-state index in [1.165, 1.54) is 18.2 Å². The van der Waals surface area contributed by atoms with Gasteiger partial charge in [0.25, 0.3) is 0 Å². The third-order valence-corrected chi connectivity index (χ3v) is 3.49. The Morgan fingerprint density at radius 1 is 1.39 bits per heavy atom. The van der Waals surface area contributed by atoms with E-state index in [1.54, 1.807) is 12.1 Å². The van der Waals surface area contributed by atoms with E-state index in [-0.39, 0.29) is 22.1 Å². The fourth-order valence-electron chi connectivity index (χ4n) is 2.07. The van der Waals surface area contributed by atoms with E-state index in [0.29, 0.717) is 12.0 Å². The topological polar surface area (TPSA) is 70.3 Å². The molecule has 0 aliphatic rings. The van der Waals surface area contributed by atoms with Crippen LogP contribution in [0.2, 0.25) is 5.02 Å². The number of carboxylic acid groups (broad SMARTS) is 1. The number of benzene rings is 2. The zero-order valence-corrected chi connectivity index (χ0v) is 13.0. The molecule has 118 valence electrons. The molecule has 2 rings (SSSR count). The van der Waals surface area contributed by atoms with Crippen LogP contribution in [0.1, 0.15) is 23.6 Å². The summed E-state index contributed by atoms with van der Waals surface area (Å²) in [5.41, 5.74) is 1.22. The van der Waals surface area contributed by atoms with Crippen LogP contribution in [0.5, 0.6) is 11.5 Å². The van der Waals surface area contributed by atoms with E-state index < -0.39 is 18.2 Å². The molecule has 6 heteroatoms. The highest BCUT2D eigenvalue weighted by molar-refractivity contribution is 6.32. The van der Waals surface area contributed by atoms with Crippen LogP contribution >= 0.6 is 11.6 Å². The molecule has 0 spiro atoms. The first kappa shape index (κ1) is 16.8. The molecule has 0 unspecified atom stereocenters. The molecular weight excluding hydrogens is 321 g/mol. The van der Waals surface area contributed by atoms with Gasteiger partial charge in [-0.15, -0.1) is 0 Å². The van der Waals surface area contributed by atoms with Crippen molar-refractivity contribution in [3.8, 4) is 17.6 Å². The quantitative estimate of drug-likeness (QED) is 0.884. The lowest BCUT2D eigenvalue weighted by atomic mass is 10.1. The molecule has 0 saturated carbocycles. The van der Waals surface area contributed by atoms with Crippen LogP contribution < -0.4 is 4.74 Å². The summed E-state index contributed by atoms with van der Waals surface area (Å²) in [5.74, 6) is -1.95. The van der Waals surface area contributed by atoms with Crippen LogP contribution in [0.3, 0.4) is 0 Å². The summed E-state index contributed by atoms with van der Waals surface area (Å²) >= 11 is 5.96.